The molecular weight excluding hydrogens is 613 g/mol. The fourth-order valence-electron chi connectivity index (χ4n) is 7.59. The second-order valence-electron chi connectivity index (χ2n) is 13.1. The number of nitrogens with zero attached hydrogens (tertiary/aromatic N) is 6. The van der Waals surface area contributed by atoms with Gasteiger partial charge in [-0.3, -0.25) is 14.3 Å². The van der Waals surface area contributed by atoms with Gasteiger partial charge >= 0.3 is 0 Å². The lowest BCUT2D eigenvalue weighted by Gasteiger charge is -2.32. The number of benzene rings is 3. The predicted octanol–water partition coefficient (Wildman–Crippen LogP) is 3.95. The fourth-order valence-corrected chi connectivity index (χ4v) is 10.2. The van der Waals surface area contributed by atoms with Crippen LogP contribution in [-0.2, 0) is 34.6 Å². The number of carbonyl (C=O) groups excluding carboxylic acids is 1. The van der Waals surface area contributed by atoms with E-state index in [9.17, 15) is 19.5 Å². The molecule has 0 saturated carbocycles. The van der Waals surface area contributed by atoms with E-state index in [2.05, 4.69) is 15.4 Å². The van der Waals surface area contributed by atoms with Crippen LogP contribution >= 0.6 is 0 Å². The van der Waals surface area contributed by atoms with Crippen LogP contribution < -0.4 is 10.5 Å². The Bertz CT molecular complexity index is 2000. The molecular formula is C35H38N6O5Si. The molecule has 11 nitrogen and oxygen atoms in total. The van der Waals surface area contributed by atoms with Gasteiger partial charge in [0.05, 0.1) is 41.3 Å². The highest BCUT2D eigenvalue weighted by molar-refractivity contribution is 6.71. The van der Waals surface area contributed by atoms with Gasteiger partial charge in [-0.05, 0) is 49.3 Å². The number of amides is 1. The summed E-state index contributed by atoms with van der Waals surface area (Å²) in [7, 11) is -2.80. The van der Waals surface area contributed by atoms with E-state index < -0.39 is 13.9 Å². The average Bonchev–Trinajstić information content (AvgIpc) is 3.71. The lowest BCUT2D eigenvalue weighted by Crippen LogP contribution is -2.46. The van der Waals surface area contributed by atoms with Crippen molar-refractivity contribution in [3.63, 3.8) is 0 Å². The van der Waals surface area contributed by atoms with Crippen molar-refractivity contribution < 1.29 is 19.4 Å². The van der Waals surface area contributed by atoms with Crippen LogP contribution in [0.15, 0.2) is 90.0 Å². The van der Waals surface area contributed by atoms with Crippen molar-refractivity contribution in [2.45, 2.75) is 63.2 Å². The van der Waals surface area contributed by atoms with Crippen LogP contribution in [0.5, 0.6) is 0 Å². The third-order valence-electron chi connectivity index (χ3n) is 9.71. The number of aliphatic hydroxyl groups is 1. The third-order valence-corrected chi connectivity index (χ3v) is 12.2. The Morgan fingerprint density at radius 2 is 1.74 bits per heavy atom. The predicted molar refractivity (Wildman–Crippen MR) is 180 cm³/mol. The van der Waals surface area contributed by atoms with Gasteiger partial charge < -0.3 is 19.5 Å². The SMILES string of the molecule is C[C@@H]1[C@@H]([Si](C)(C)O)[C@H](CCn2cc(CCO)nn2)O[C@@]12C(=O)N(Cc1ccc(-n3ncc4ccccc4c3=O)cc1)c1ccccc12. The van der Waals surface area contributed by atoms with Crippen molar-refractivity contribution in [1.29, 1.82) is 0 Å². The van der Waals surface area contributed by atoms with Crippen molar-refractivity contribution >= 4 is 30.7 Å². The molecule has 0 aliphatic carbocycles. The number of aromatic nitrogens is 5. The Morgan fingerprint density at radius 3 is 2.51 bits per heavy atom. The van der Waals surface area contributed by atoms with Gasteiger partial charge in [0.2, 0.25) is 0 Å². The first-order valence-electron chi connectivity index (χ1n) is 16.0. The summed E-state index contributed by atoms with van der Waals surface area (Å²) in [6.07, 6.45) is 4.11. The fraction of sp³-hybridized carbons (Fsp3) is 0.343. The van der Waals surface area contributed by atoms with E-state index in [0.29, 0.717) is 42.7 Å². The molecule has 242 valence electrons. The molecule has 1 amide bonds. The van der Waals surface area contributed by atoms with Crippen molar-refractivity contribution in [3.8, 4) is 5.69 Å². The molecule has 2 aliphatic heterocycles. The van der Waals surface area contributed by atoms with Crippen LogP contribution in [0.25, 0.3) is 16.5 Å². The molecule has 1 saturated heterocycles. The Morgan fingerprint density at radius 1 is 1.00 bits per heavy atom. The zero-order valence-corrected chi connectivity index (χ0v) is 27.7. The maximum Gasteiger partial charge on any atom is 0.279 e. The van der Waals surface area contributed by atoms with Gasteiger partial charge in [0.1, 0.15) is 0 Å². The molecule has 4 heterocycles. The molecule has 0 bridgehead atoms. The topological polar surface area (TPSA) is 136 Å². The van der Waals surface area contributed by atoms with Crippen LogP contribution in [0.1, 0.15) is 30.2 Å². The number of ether oxygens (including phenoxy) is 1. The monoisotopic (exact) mass is 650 g/mol. The van der Waals surface area contributed by atoms with Crippen LogP contribution in [0, 0.1) is 5.92 Å². The standard InChI is InChI=1S/C35H38N6O5Si/c1-23-32(47(2,3)45)31(16-18-39-22-26(17-19-42)37-38-39)46-35(23)29-10-6-7-11-30(29)40(34(35)44)21-24-12-14-27(15-13-24)41-33(43)28-9-5-4-8-25(28)20-36-41/h4-15,20,22-23,31-32,42,45H,16-19,21H2,1-3H3/t23-,31+,32-,35+/m1/s1. The van der Waals surface area contributed by atoms with E-state index in [0.717, 1.165) is 22.2 Å². The summed E-state index contributed by atoms with van der Waals surface area (Å²) >= 11 is 0. The summed E-state index contributed by atoms with van der Waals surface area (Å²) in [5.41, 5.74) is 2.23. The number of anilines is 1. The first kappa shape index (κ1) is 31.1. The molecule has 0 unspecified atom stereocenters. The first-order chi connectivity index (χ1) is 22.6. The number of fused-ring (bicyclic) bond motifs is 3. The van der Waals surface area contributed by atoms with Gasteiger partial charge in [0.25, 0.3) is 11.5 Å². The highest BCUT2D eigenvalue weighted by Crippen LogP contribution is 2.59. The number of hydrogen-bond donors (Lipinski definition) is 2. The van der Waals surface area contributed by atoms with Gasteiger partial charge in [-0.1, -0.05) is 60.7 Å². The first-order valence-corrected chi connectivity index (χ1v) is 19.0. The average molecular weight is 651 g/mol. The van der Waals surface area contributed by atoms with Gasteiger partial charge in [-0.15, -0.1) is 5.10 Å². The van der Waals surface area contributed by atoms with Crippen LogP contribution in [0.2, 0.25) is 18.6 Å². The number of rotatable bonds is 9. The smallest absolute Gasteiger partial charge is 0.279 e. The minimum atomic E-state index is -2.80. The summed E-state index contributed by atoms with van der Waals surface area (Å²) in [6.45, 7) is 6.69. The number of para-hydroxylation sites is 1. The van der Waals surface area contributed by atoms with E-state index >= 15 is 0 Å². The summed E-state index contributed by atoms with van der Waals surface area (Å²) in [6, 6.07) is 22.7. The maximum atomic E-state index is 14.7. The molecule has 4 atom stereocenters. The highest BCUT2D eigenvalue weighted by atomic mass is 28.4. The second kappa shape index (κ2) is 11.9. The molecule has 2 aliphatic rings. The molecule has 2 aromatic heterocycles. The van der Waals surface area contributed by atoms with Crippen molar-refractivity contribution in [1.82, 2.24) is 24.8 Å². The normalized spacial score (nSPS) is 22.4. The van der Waals surface area contributed by atoms with Crippen LogP contribution in [-0.4, -0.2) is 61.6 Å². The Balaban J connectivity index is 1.17. The summed E-state index contributed by atoms with van der Waals surface area (Å²) < 4.78 is 10.0. The van der Waals surface area contributed by atoms with Crippen molar-refractivity contribution in [2.24, 2.45) is 5.92 Å². The molecule has 47 heavy (non-hydrogen) atoms. The van der Waals surface area contributed by atoms with E-state index in [1.54, 1.807) is 21.8 Å². The van der Waals surface area contributed by atoms with Crippen molar-refractivity contribution in [3.05, 3.63) is 112 Å². The lowest BCUT2D eigenvalue weighted by atomic mass is 9.82. The molecule has 2 N–H and O–H groups in total. The van der Waals surface area contributed by atoms with Gasteiger partial charge in [-0.2, -0.15) is 9.78 Å². The summed E-state index contributed by atoms with van der Waals surface area (Å²) in [5, 5.41) is 23.3. The minimum Gasteiger partial charge on any atom is -0.432 e. The molecule has 3 aromatic carbocycles. The van der Waals surface area contributed by atoms with Gasteiger partial charge in [0, 0.05) is 48.2 Å². The minimum absolute atomic E-state index is 0.000691. The van der Waals surface area contributed by atoms with Crippen molar-refractivity contribution in [2.75, 3.05) is 11.5 Å². The van der Waals surface area contributed by atoms with Crippen LogP contribution in [0.4, 0.5) is 5.69 Å². The second-order valence-corrected chi connectivity index (χ2v) is 17.1. The van der Waals surface area contributed by atoms with Gasteiger partial charge in [0.15, 0.2) is 13.9 Å². The number of hydrogen-bond acceptors (Lipinski definition) is 8. The Labute approximate surface area is 273 Å². The Hall–Kier alpha value is -4.49. The lowest BCUT2D eigenvalue weighted by molar-refractivity contribution is -0.146. The summed E-state index contributed by atoms with van der Waals surface area (Å²) in [5.74, 6) is -0.411. The Kier molecular flexibility index (Phi) is 7.91. The van der Waals surface area contributed by atoms with E-state index in [1.807, 2.05) is 92.9 Å². The number of carbonyl (C=O) groups is 1. The maximum absolute atomic E-state index is 14.7. The molecule has 12 heteroatoms. The number of aryl methyl sites for hydroxylation is 1. The molecule has 0 radical (unpaired) electrons. The zero-order chi connectivity index (χ0) is 32.9. The quantitative estimate of drug-likeness (QED) is 0.229. The largest absolute Gasteiger partial charge is 0.432 e. The zero-order valence-electron chi connectivity index (χ0n) is 26.7. The highest BCUT2D eigenvalue weighted by Gasteiger charge is 2.66. The van der Waals surface area contributed by atoms with Crippen LogP contribution in [0.3, 0.4) is 0 Å². The summed E-state index contributed by atoms with van der Waals surface area (Å²) in [4.78, 5) is 41.1. The van der Waals surface area contributed by atoms with E-state index in [-0.39, 0.29) is 35.6 Å². The molecule has 7 rings (SSSR count). The van der Waals surface area contributed by atoms with E-state index in [1.165, 1.54) is 4.68 Å². The van der Waals surface area contributed by atoms with Gasteiger partial charge in [-0.25, -0.2) is 0 Å². The van der Waals surface area contributed by atoms with E-state index in [4.69, 9.17) is 4.74 Å². The molecule has 1 spiro atoms. The molecule has 5 aromatic rings. The third kappa shape index (κ3) is 5.31. The number of aliphatic hydroxyl groups excluding tert-OH is 1. The molecule has 1 fully saturated rings.